The van der Waals surface area contributed by atoms with Crippen LogP contribution in [0.5, 0.6) is 0 Å². The third kappa shape index (κ3) is 3.43. The number of pyridine rings is 1. The van der Waals surface area contributed by atoms with Gasteiger partial charge in [-0.3, -0.25) is 4.79 Å². The van der Waals surface area contributed by atoms with E-state index in [9.17, 15) is 9.18 Å². The first-order valence-electron chi connectivity index (χ1n) is 6.77. The molecule has 2 atom stereocenters. The predicted octanol–water partition coefficient (Wildman–Crippen LogP) is 2.42. The van der Waals surface area contributed by atoms with Gasteiger partial charge in [0, 0.05) is 12.6 Å². The van der Waals surface area contributed by atoms with Crippen LogP contribution in [0.3, 0.4) is 0 Å². The molecule has 1 aromatic heterocycles. The summed E-state index contributed by atoms with van der Waals surface area (Å²) in [6, 6.07) is 4.41. The van der Waals surface area contributed by atoms with Gasteiger partial charge >= 0.3 is 0 Å². The molecule has 104 valence electrons. The molecule has 1 fully saturated rings. The van der Waals surface area contributed by atoms with Crippen LogP contribution in [-0.4, -0.2) is 34.4 Å². The number of hydrogen-bond acceptors (Lipinski definition) is 3. The molecule has 19 heavy (non-hydrogen) atoms. The van der Waals surface area contributed by atoms with E-state index in [1.54, 1.807) is 19.1 Å². The molecule has 0 radical (unpaired) electrons. The summed E-state index contributed by atoms with van der Waals surface area (Å²) in [4.78, 5) is 18.0. The Balaban J connectivity index is 1.99. The molecule has 1 aliphatic rings. The molecule has 1 aliphatic heterocycles. The van der Waals surface area contributed by atoms with E-state index in [-0.39, 0.29) is 11.9 Å². The van der Waals surface area contributed by atoms with Gasteiger partial charge in [0.25, 0.3) is 0 Å². The number of carbonyl (C=O) groups is 1. The Kier molecular flexibility index (Phi) is 4.35. The van der Waals surface area contributed by atoms with E-state index in [1.807, 2.05) is 4.90 Å². The average Bonchev–Trinajstić information content (AvgIpc) is 2.38. The van der Waals surface area contributed by atoms with Crippen molar-refractivity contribution in [2.45, 2.75) is 45.2 Å². The van der Waals surface area contributed by atoms with Crippen molar-refractivity contribution in [1.29, 1.82) is 0 Å². The van der Waals surface area contributed by atoms with Crippen LogP contribution < -0.4 is 5.32 Å². The molecule has 5 heteroatoms. The van der Waals surface area contributed by atoms with E-state index >= 15 is 0 Å². The SMILES string of the molecule is C[C@@H](Nc1cccc(F)n1)C(=O)N1CCCC[C@@H]1C. The van der Waals surface area contributed by atoms with Crippen LogP contribution >= 0.6 is 0 Å². The number of likely N-dealkylation sites (tertiary alicyclic amines) is 1. The lowest BCUT2D eigenvalue weighted by molar-refractivity contribution is -0.134. The van der Waals surface area contributed by atoms with Crippen molar-refractivity contribution in [2.75, 3.05) is 11.9 Å². The molecule has 2 heterocycles. The summed E-state index contributed by atoms with van der Waals surface area (Å²) in [7, 11) is 0. The summed E-state index contributed by atoms with van der Waals surface area (Å²) in [5.41, 5.74) is 0. The fourth-order valence-electron chi connectivity index (χ4n) is 2.45. The van der Waals surface area contributed by atoms with Crippen molar-refractivity contribution in [3.05, 3.63) is 24.1 Å². The Morgan fingerprint density at radius 1 is 1.53 bits per heavy atom. The highest BCUT2D eigenvalue weighted by Crippen LogP contribution is 2.18. The summed E-state index contributed by atoms with van der Waals surface area (Å²) >= 11 is 0. The van der Waals surface area contributed by atoms with Gasteiger partial charge in [0.1, 0.15) is 11.9 Å². The Labute approximate surface area is 113 Å². The molecular weight excluding hydrogens is 245 g/mol. The van der Waals surface area contributed by atoms with Gasteiger partial charge in [0.05, 0.1) is 0 Å². The van der Waals surface area contributed by atoms with E-state index in [0.29, 0.717) is 5.82 Å². The predicted molar refractivity (Wildman–Crippen MR) is 72.3 cm³/mol. The minimum Gasteiger partial charge on any atom is -0.359 e. The molecule has 2 rings (SSSR count). The number of anilines is 1. The fraction of sp³-hybridized carbons (Fsp3) is 0.571. The maximum atomic E-state index is 13.0. The van der Waals surface area contributed by atoms with E-state index in [1.165, 1.54) is 12.5 Å². The lowest BCUT2D eigenvalue weighted by Crippen LogP contribution is -2.48. The number of piperidine rings is 1. The van der Waals surface area contributed by atoms with Crippen molar-refractivity contribution in [1.82, 2.24) is 9.88 Å². The topological polar surface area (TPSA) is 45.2 Å². The molecule has 0 spiro atoms. The summed E-state index contributed by atoms with van der Waals surface area (Å²) in [6.07, 6.45) is 3.29. The highest BCUT2D eigenvalue weighted by molar-refractivity contribution is 5.84. The number of rotatable bonds is 3. The first-order chi connectivity index (χ1) is 9.08. The number of amides is 1. The Morgan fingerprint density at radius 2 is 2.32 bits per heavy atom. The van der Waals surface area contributed by atoms with Crippen LogP contribution in [0, 0.1) is 5.95 Å². The minimum absolute atomic E-state index is 0.0539. The van der Waals surface area contributed by atoms with E-state index < -0.39 is 12.0 Å². The summed E-state index contributed by atoms with van der Waals surface area (Å²) < 4.78 is 13.0. The molecule has 0 bridgehead atoms. The summed E-state index contributed by atoms with van der Waals surface area (Å²) in [5, 5.41) is 2.96. The van der Waals surface area contributed by atoms with Crippen molar-refractivity contribution in [3.8, 4) is 0 Å². The molecule has 4 nitrogen and oxygen atoms in total. The second-order valence-electron chi connectivity index (χ2n) is 5.09. The van der Waals surface area contributed by atoms with E-state index in [2.05, 4.69) is 17.2 Å². The third-order valence-corrected chi connectivity index (χ3v) is 3.54. The van der Waals surface area contributed by atoms with Crippen molar-refractivity contribution in [3.63, 3.8) is 0 Å². The van der Waals surface area contributed by atoms with Crippen molar-refractivity contribution in [2.24, 2.45) is 0 Å². The second kappa shape index (κ2) is 5.99. The maximum absolute atomic E-state index is 13.0. The van der Waals surface area contributed by atoms with Crippen molar-refractivity contribution >= 4 is 11.7 Å². The van der Waals surface area contributed by atoms with Crippen LogP contribution in [0.4, 0.5) is 10.2 Å². The minimum atomic E-state index is -0.545. The van der Waals surface area contributed by atoms with E-state index in [4.69, 9.17) is 0 Å². The van der Waals surface area contributed by atoms with Crippen LogP contribution in [0.2, 0.25) is 0 Å². The fourth-order valence-corrected chi connectivity index (χ4v) is 2.45. The molecule has 1 N–H and O–H groups in total. The lowest BCUT2D eigenvalue weighted by Gasteiger charge is -2.35. The van der Waals surface area contributed by atoms with Gasteiger partial charge in [0.2, 0.25) is 11.9 Å². The van der Waals surface area contributed by atoms with Gasteiger partial charge in [-0.2, -0.15) is 4.39 Å². The van der Waals surface area contributed by atoms with Gasteiger partial charge in [-0.05, 0) is 45.2 Å². The third-order valence-electron chi connectivity index (χ3n) is 3.54. The first-order valence-corrected chi connectivity index (χ1v) is 6.77. The normalized spacial score (nSPS) is 21.0. The maximum Gasteiger partial charge on any atom is 0.245 e. The number of hydrogen-bond donors (Lipinski definition) is 1. The Hall–Kier alpha value is -1.65. The van der Waals surface area contributed by atoms with Gasteiger partial charge in [0.15, 0.2) is 0 Å². The monoisotopic (exact) mass is 265 g/mol. The van der Waals surface area contributed by atoms with E-state index in [0.717, 1.165) is 19.4 Å². The first kappa shape index (κ1) is 13.8. The van der Waals surface area contributed by atoms with Crippen LogP contribution in [0.25, 0.3) is 0 Å². The molecule has 0 aromatic carbocycles. The van der Waals surface area contributed by atoms with Gasteiger partial charge in [-0.25, -0.2) is 4.98 Å². The number of nitrogens with zero attached hydrogens (tertiary/aromatic N) is 2. The molecular formula is C14H20FN3O. The molecule has 0 saturated carbocycles. The van der Waals surface area contributed by atoms with Crippen LogP contribution in [0.1, 0.15) is 33.1 Å². The van der Waals surface area contributed by atoms with Gasteiger partial charge in [-0.15, -0.1) is 0 Å². The smallest absolute Gasteiger partial charge is 0.245 e. The molecule has 1 aromatic rings. The summed E-state index contributed by atoms with van der Waals surface area (Å²) in [5.74, 6) is -0.0974. The number of carbonyl (C=O) groups excluding carboxylic acids is 1. The van der Waals surface area contributed by atoms with Gasteiger partial charge < -0.3 is 10.2 Å². The number of nitrogens with one attached hydrogen (secondary N) is 1. The standard InChI is InChI=1S/C14H20FN3O/c1-10-6-3-4-9-18(10)14(19)11(2)16-13-8-5-7-12(15)17-13/h5,7-8,10-11H,3-4,6,9H2,1-2H3,(H,16,17)/t10-,11+/m0/s1. The van der Waals surface area contributed by atoms with Crippen LogP contribution in [0.15, 0.2) is 18.2 Å². The summed E-state index contributed by atoms with van der Waals surface area (Å²) in [6.45, 7) is 4.67. The zero-order chi connectivity index (χ0) is 13.8. The van der Waals surface area contributed by atoms with Crippen LogP contribution in [-0.2, 0) is 4.79 Å². The number of aromatic nitrogens is 1. The molecule has 1 amide bonds. The highest BCUT2D eigenvalue weighted by Gasteiger charge is 2.26. The second-order valence-corrected chi connectivity index (χ2v) is 5.09. The largest absolute Gasteiger partial charge is 0.359 e. The van der Waals surface area contributed by atoms with Crippen molar-refractivity contribution < 1.29 is 9.18 Å². The molecule has 0 aliphatic carbocycles. The average molecular weight is 265 g/mol. The Morgan fingerprint density at radius 3 is 3.00 bits per heavy atom. The zero-order valence-corrected chi connectivity index (χ0v) is 11.4. The lowest BCUT2D eigenvalue weighted by atomic mass is 10.0. The van der Waals surface area contributed by atoms with Gasteiger partial charge in [-0.1, -0.05) is 6.07 Å². The molecule has 1 saturated heterocycles. The quantitative estimate of drug-likeness (QED) is 0.854. The zero-order valence-electron chi connectivity index (χ0n) is 11.4. The Bertz CT molecular complexity index is 452. The highest BCUT2D eigenvalue weighted by atomic mass is 19.1. The molecule has 0 unspecified atom stereocenters. The number of halogens is 1.